The summed E-state index contributed by atoms with van der Waals surface area (Å²) >= 11 is 0. The van der Waals surface area contributed by atoms with Crippen molar-refractivity contribution in [2.75, 3.05) is 0 Å². The van der Waals surface area contributed by atoms with E-state index in [1.807, 2.05) is 0 Å². The number of rotatable bonds is 78. The van der Waals surface area contributed by atoms with Crippen LogP contribution in [0, 0.1) is 71.0 Å². The summed E-state index contributed by atoms with van der Waals surface area (Å²) in [4.78, 5) is 106. The molecule has 7 rings (SSSR count). The molecule has 7 aliphatic rings. The van der Waals surface area contributed by atoms with E-state index in [9.17, 15) is 15.3 Å². The largest absolute Gasteiger partial charge is 0.443 e. The molecule has 0 bridgehead atoms. The summed E-state index contributed by atoms with van der Waals surface area (Å²) in [5.41, 5.74) is -10.1. The molecule has 7 saturated carbocycles. The molecule has 0 unspecified atom stereocenters. The zero-order chi connectivity index (χ0) is 94.4. The fourth-order valence-electron chi connectivity index (χ4n) is 26.3. The summed E-state index contributed by atoms with van der Waals surface area (Å²) in [5, 5.41) is 42.7. The lowest BCUT2D eigenvalue weighted by atomic mass is 9.49. The SMILES string of the molecule is CCCCCCCCCCCC[C@H]1CC[C@H](C(=O)O[C@@]2(C(=O)[C@H]3CC[C@H](CCCCCCCCCCCC)CC3)[C@@](OC(=O)[C@H]3CC[C@H](CCCCCCCCCCCC)CC3)(C(=O)[C@H]3CC[C@H](CCCCCCCCCCCC)CC3)[C@@H](O)[C@H](O)[C@@H](O)[C@@]2(OC(=O)[C@H]2CC[C@H](CCCCCCCCCCCC)CC2)C(=O)[C@H]2CC[C@H](CCCCCCCCCCCC)CC2)CC1. The first-order valence-corrected chi connectivity index (χ1v) is 59.9. The monoisotopic (exact) mass is 1850 g/mol. The average molecular weight is 1850 g/mol. The smallest absolute Gasteiger partial charge is 0.310 e. The standard InChI is InChI=1S/C120H216O12/c1-7-13-19-25-31-37-43-49-55-61-67-97-73-85-103(86-74-97)110(122)118(130-115(127)106-91-79-100(80-92-106)70-64-58-52-46-40-34-28-22-16-10-4)113(125)109(121)114(126)119(111(123)104-87-75-98(76-88-104)68-62-56-50-44-38-32-26-20-14-8-2,131-116(128)107-93-81-101(82-94-107)71-65-59-53-47-41-35-29-23-17-11-5)120(118,112(124)105-89-77-99(78-90-105)69-63-57-51-45-39-33-27-21-15-9-3)132-117(129)108-95-83-102(84-96-108)72-66-60-54-48-42-36-30-24-18-12-6/h97-109,113-114,121,125-126H,7-96H2,1-6H3/t97-,98-,99-,100-,101-,102-,103-,104-,105-,106-,107-,108-,109-,113-,114+,118+,119-,120-. The summed E-state index contributed by atoms with van der Waals surface area (Å²) < 4.78 is 22.7. The average Bonchev–Trinajstić information content (AvgIpc) is 0.656. The van der Waals surface area contributed by atoms with Crippen molar-refractivity contribution in [1.29, 1.82) is 0 Å². The number of ether oxygens (including phenoxy) is 3. The van der Waals surface area contributed by atoms with Crippen molar-refractivity contribution in [3.63, 3.8) is 0 Å². The highest BCUT2D eigenvalue weighted by molar-refractivity contribution is 6.12. The topological polar surface area (TPSA) is 191 Å². The van der Waals surface area contributed by atoms with E-state index in [1.54, 1.807) is 0 Å². The normalized spacial score (nSPS) is 28.3. The number of aliphatic hydroxyl groups excluding tert-OH is 3. The maximum atomic E-state index is 18.6. The number of carbonyl (C=O) groups excluding carboxylic acids is 6. The van der Waals surface area contributed by atoms with E-state index in [4.69, 9.17) is 14.2 Å². The minimum atomic E-state index is -3.46. The van der Waals surface area contributed by atoms with E-state index in [2.05, 4.69) is 41.5 Å². The van der Waals surface area contributed by atoms with Gasteiger partial charge in [-0.15, -0.1) is 0 Å². The third-order valence-electron chi connectivity index (χ3n) is 35.4. The fraction of sp³-hybridized carbons (Fsp3) is 0.950. The number of Topliss-reactive ketones (excluding diaryl/α,β-unsaturated/α-hetero) is 3. The molecule has 0 radical (unpaired) electrons. The van der Waals surface area contributed by atoms with Crippen molar-refractivity contribution in [2.45, 2.75) is 655 Å². The number of ketones is 3. The molecule has 0 heterocycles. The maximum Gasteiger partial charge on any atom is 0.310 e. The lowest BCUT2D eigenvalue weighted by Gasteiger charge is -2.63. The first-order valence-electron chi connectivity index (χ1n) is 59.9. The number of hydrogen-bond donors (Lipinski definition) is 3. The number of unbranched alkanes of at least 4 members (excludes halogenated alkanes) is 54. The fourth-order valence-corrected chi connectivity index (χ4v) is 26.3. The lowest BCUT2D eigenvalue weighted by Crippen LogP contribution is -2.92. The van der Waals surface area contributed by atoms with Gasteiger partial charge in [0.2, 0.25) is 11.2 Å². The van der Waals surface area contributed by atoms with Gasteiger partial charge in [0.1, 0.15) is 18.3 Å². The first kappa shape index (κ1) is 116. The van der Waals surface area contributed by atoms with E-state index in [1.165, 1.54) is 308 Å². The van der Waals surface area contributed by atoms with Crippen molar-refractivity contribution in [3.05, 3.63) is 0 Å². The van der Waals surface area contributed by atoms with Crippen molar-refractivity contribution >= 4 is 35.3 Å². The molecule has 0 aromatic rings. The number of esters is 3. The van der Waals surface area contributed by atoms with Gasteiger partial charge < -0.3 is 29.5 Å². The second kappa shape index (κ2) is 70.9. The Kier molecular flexibility index (Phi) is 62.4. The third kappa shape index (κ3) is 40.4. The van der Waals surface area contributed by atoms with Gasteiger partial charge in [-0.25, -0.2) is 0 Å². The van der Waals surface area contributed by atoms with Gasteiger partial charge >= 0.3 is 17.9 Å². The van der Waals surface area contributed by atoms with Crippen LogP contribution in [0.2, 0.25) is 0 Å². The van der Waals surface area contributed by atoms with E-state index < -0.39 is 106 Å². The van der Waals surface area contributed by atoms with Gasteiger partial charge in [0, 0.05) is 17.8 Å². The van der Waals surface area contributed by atoms with Crippen molar-refractivity contribution in [3.8, 4) is 0 Å². The second-order valence-electron chi connectivity index (χ2n) is 46.0. The van der Waals surface area contributed by atoms with Crippen molar-refractivity contribution in [2.24, 2.45) is 71.0 Å². The number of hydrogen-bond acceptors (Lipinski definition) is 12. The maximum absolute atomic E-state index is 18.6. The van der Waals surface area contributed by atoms with Crippen molar-refractivity contribution < 1.29 is 58.3 Å². The van der Waals surface area contributed by atoms with E-state index >= 15 is 28.8 Å². The molecule has 7 aliphatic carbocycles. The summed E-state index contributed by atoms with van der Waals surface area (Å²) in [7, 11) is 0. The Balaban J connectivity index is 1.34. The van der Waals surface area contributed by atoms with Gasteiger partial charge in [0.05, 0.1) is 17.8 Å². The van der Waals surface area contributed by atoms with Crippen LogP contribution in [-0.2, 0) is 43.0 Å². The van der Waals surface area contributed by atoms with Gasteiger partial charge in [0.25, 0.3) is 5.60 Å². The molecule has 0 aliphatic heterocycles. The lowest BCUT2D eigenvalue weighted by molar-refractivity contribution is -0.329. The van der Waals surface area contributed by atoms with Crippen LogP contribution in [0.5, 0.6) is 0 Å². The van der Waals surface area contributed by atoms with Crippen LogP contribution in [0.1, 0.15) is 619 Å². The Hall–Kier alpha value is -2.70. The van der Waals surface area contributed by atoms with Crippen molar-refractivity contribution in [1.82, 2.24) is 0 Å². The van der Waals surface area contributed by atoms with Crippen LogP contribution in [0.4, 0.5) is 0 Å². The predicted octanol–water partition coefficient (Wildman–Crippen LogP) is 34.3. The van der Waals surface area contributed by atoms with Crippen LogP contribution < -0.4 is 0 Å². The van der Waals surface area contributed by atoms with E-state index in [0.717, 1.165) is 154 Å². The number of carbonyl (C=O) groups is 6. The highest BCUT2D eigenvalue weighted by Gasteiger charge is 2.89. The van der Waals surface area contributed by atoms with Crippen LogP contribution in [0.15, 0.2) is 0 Å². The Labute approximate surface area is 814 Å². The van der Waals surface area contributed by atoms with Gasteiger partial charge in [-0.2, -0.15) is 0 Å². The predicted molar refractivity (Wildman–Crippen MR) is 551 cm³/mol. The summed E-state index contributed by atoms with van der Waals surface area (Å²) in [6.07, 6.45) is 85.4. The molecule has 132 heavy (non-hydrogen) atoms. The molecule has 12 heteroatoms. The number of aliphatic hydroxyl groups is 3. The van der Waals surface area contributed by atoms with Crippen LogP contribution in [-0.4, -0.2) is 85.7 Å². The molecule has 0 aromatic carbocycles. The Bertz CT molecular complexity index is 2760. The van der Waals surface area contributed by atoms with Crippen LogP contribution >= 0.6 is 0 Å². The van der Waals surface area contributed by atoms with Gasteiger partial charge in [-0.1, -0.05) is 465 Å². The molecule has 768 valence electrons. The molecular weight excluding hydrogens is 1630 g/mol. The molecule has 3 N–H and O–H groups in total. The molecular formula is C120H216O12. The Morgan fingerprint density at radius 2 is 0.333 bits per heavy atom. The highest BCUT2D eigenvalue weighted by Crippen LogP contribution is 2.60. The summed E-state index contributed by atoms with van der Waals surface area (Å²) in [6, 6.07) is 0. The minimum Gasteiger partial charge on any atom is -0.443 e. The van der Waals surface area contributed by atoms with Gasteiger partial charge in [0.15, 0.2) is 17.3 Å². The molecule has 6 atom stereocenters. The van der Waals surface area contributed by atoms with Crippen LogP contribution in [0.25, 0.3) is 0 Å². The molecule has 0 saturated heterocycles. The zero-order valence-corrected chi connectivity index (χ0v) is 87.8. The molecule has 0 amide bonds. The molecule has 12 nitrogen and oxygen atoms in total. The first-order chi connectivity index (χ1) is 64.6. The van der Waals surface area contributed by atoms with Gasteiger partial charge in [-0.05, 0) is 190 Å². The summed E-state index contributed by atoms with van der Waals surface area (Å²) in [5.74, 6) is -8.67. The molecule has 0 aromatic heterocycles. The third-order valence-corrected chi connectivity index (χ3v) is 35.4. The van der Waals surface area contributed by atoms with E-state index in [-0.39, 0.29) is 30.6 Å². The summed E-state index contributed by atoms with van der Waals surface area (Å²) in [6.45, 7) is 13.6. The minimum absolute atomic E-state index is 0.265. The van der Waals surface area contributed by atoms with Crippen LogP contribution in [0.3, 0.4) is 0 Å². The quantitative estimate of drug-likeness (QED) is 0.0297. The Morgan fingerprint density at radius 3 is 0.508 bits per heavy atom. The molecule has 7 fully saturated rings. The Morgan fingerprint density at radius 1 is 0.189 bits per heavy atom. The highest BCUT2D eigenvalue weighted by atomic mass is 16.7. The second-order valence-corrected chi connectivity index (χ2v) is 46.0. The zero-order valence-electron chi connectivity index (χ0n) is 87.8. The molecule has 0 spiro atoms. The van der Waals surface area contributed by atoms with E-state index in [0.29, 0.717) is 120 Å². The van der Waals surface area contributed by atoms with Gasteiger partial charge in [-0.3, -0.25) is 28.8 Å².